The Hall–Kier alpha value is -0.0400. The molecule has 1 heteroatoms. The van der Waals surface area contributed by atoms with Gasteiger partial charge in [-0.1, -0.05) is 0 Å². The lowest BCUT2D eigenvalue weighted by molar-refractivity contribution is -0.0724. The van der Waals surface area contributed by atoms with Crippen LogP contribution >= 0.6 is 0 Å². The Kier molecular flexibility index (Phi) is 0.513. The summed E-state index contributed by atoms with van der Waals surface area (Å²) in [7, 11) is 0. The maximum Gasteiger partial charge on any atom is 0.0605 e. The first kappa shape index (κ1) is 4.76. The van der Waals surface area contributed by atoms with E-state index < -0.39 is 0 Å². The Balaban J connectivity index is 1.90. The van der Waals surface area contributed by atoms with Gasteiger partial charge in [0.1, 0.15) is 0 Å². The molecule has 7 atom stereocenters. The molecule has 0 saturated heterocycles. The monoisotopic (exact) mass is 136 g/mol. The Bertz CT molecular complexity index is 201. The summed E-state index contributed by atoms with van der Waals surface area (Å²) in [6.45, 7) is 0. The second-order valence-corrected chi connectivity index (χ2v) is 4.71. The molecule has 0 radical (unpaired) electrons. The van der Waals surface area contributed by atoms with Gasteiger partial charge in [-0.25, -0.2) is 0 Å². The summed E-state index contributed by atoms with van der Waals surface area (Å²) in [4.78, 5) is 0. The molecule has 5 fully saturated rings. The molecule has 0 spiro atoms. The SMILES string of the molecule is OC1C2CCC3C1C1C2C31. The molecule has 7 unspecified atom stereocenters. The van der Waals surface area contributed by atoms with Crippen molar-refractivity contribution in [2.75, 3.05) is 0 Å². The maximum atomic E-state index is 9.73. The Morgan fingerprint density at radius 3 is 2.00 bits per heavy atom. The Labute approximate surface area is 60.4 Å². The number of hydrogen-bond acceptors (Lipinski definition) is 1. The van der Waals surface area contributed by atoms with Crippen LogP contribution in [0.1, 0.15) is 12.8 Å². The topological polar surface area (TPSA) is 20.2 Å². The van der Waals surface area contributed by atoms with Gasteiger partial charge in [0.05, 0.1) is 6.10 Å². The van der Waals surface area contributed by atoms with E-state index in [0.29, 0.717) is 0 Å². The highest BCUT2D eigenvalue weighted by atomic mass is 16.3. The highest BCUT2D eigenvalue weighted by Crippen LogP contribution is 2.81. The average molecular weight is 136 g/mol. The van der Waals surface area contributed by atoms with Crippen molar-refractivity contribution in [2.24, 2.45) is 35.5 Å². The summed E-state index contributed by atoms with van der Waals surface area (Å²) < 4.78 is 0. The van der Waals surface area contributed by atoms with Crippen molar-refractivity contribution >= 4 is 0 Å². The standard InChI is InChI=1S/C9H12O/c10-9-4-2-1-3-5-6(4)8(5)7(3)9/h3-10H,1-2H2. The zero-order chi connectivity index (χ0) is 6.46. The van der Waals surface area contributed by atoms with Gasteiger partial charge in [-0.2, -0.15) is 0 Å². The van der Waals surface area contributed by atoms with Crippen LogP contribution in [0, 0.1) is 35.5 Å². The molecule has 0 aliphatic heterocycles. The van der Waals surface area contributed by atoms with E-state index in [9.17, 15) is 5.11 Å². The first-order valence-corrected chi connectivity index (χ1v) is 4.57. The summed E-state index contributed by atoms with van der Waals surface area (Å²) in [6.07, 6.45) is 2.93. The van der Waals surface area contributed by atoms with Gasteiger partial charge in [-0.3, -0.25) is 0 Å². The molecule has 1 N–H and O–H groups in total. The van der Waals surface area contributed by atoms with Crippen molar-refractivity contribution in [3.63, 3.8) is 0 Å². The van der Waals surface area contributed by atoms with E-state index >= 15 is 0 Å². The number of fused-ring (bicyclic) bond motifs is 1. The van der Waals surface area contributed by atoms with Gasteiger partial charge in [0.25, 0.3) is 0 Å². The van der Waals surface area contributed by atoms with E-state index in [1.54, 1.807) is 0 Å². The maximum absolute atomic E-state index is 9.73. The van der Waals surface area contributed by atoms with E-state index in [-0.39, 0.29) is 6.10 Å². The lowest BCUT2D eigenvalue weighted by Crippen LogP contribution is -2.47. The van der Waals surface area contributed by atoms with E-state index in [1.807, 2.05) is 0 Å². The number of hydrogen-bond donors (Lipinski definition) is 1. The lowest BCUT2D eigenvalue weighted by atomic mass is 9.60. The second-order valence-electron chi connectivity index (χ2n) is 4.71. The first-order chi connectivity index (χ1) is 4.89. The molecule has 0 aromatic heterocycles. The number of rotatable bonds is 0. The summed E-state index contributed by atoms with van der Waals surface area (Å²) in [5.74, 6) is 5.67. The molecule has 0 amide bonds. The molecular weight excluding hydrogens is 124 g/mol. The van der Waals surface area contributed by atoms with Crippen molar-refractivity contribution in [3.05, 3.63) is 0 Å². The van der Waals surface area contributed by atoms with Crippen LogP contribution in [0.4, 0.5) is 0 Å². The minimum absolute atomic E-state index is 0.138. The van der Waals surface area contributed by atoms with Crippen molar-refractivity contribution in [3.8, 4) is 0 Å². The summed E-state index contributed by atoms with van der Waals surface area (Å²) in [6, 6.07) is 0. The zero-order valence-corrected chi connectivity index (χ0v) is 5.90. The average Bonchev–Trinajstić information content (AvgIpc) is 2.50. The predicted molar refractivity (Wildman–Crippen MR) is 36.2 cm³/mol. The number of aliphatic hydroxyl groups is 1. The molecule has 10 heavy (non-hydrogen) atoms. The fourth-order valence-electron chi connectivity index (χ4n) is 4.56. The third-order valence-corrected chi connectivity index (χ3v) is 4.79. The molecule has 5 aliphatic carbocycles. The van der Waals surface area contributed by atoms with Gasteiger partial charge in [0, 0.05) is 0 Å². The van der Waals surface area contributed by atoms with Crippen LogP contribution < -0.4 is 0 Å². The van der Waals surface area contributed by atoms with Crippen LogP contribution in [-0.4, -0.2) is 11.2 Å². The van der Waals surface area contributed by atoms with Crippen LogP contribution in [0.15, 0.2) is 0 Å². The third-order valence-electron chi connectivity index (χ3n) is 4.79. The second kappa shape index (κ2) is 1.08. The normalized spacial score (nSPS) is 80.7. The van der Waals surface area contributed by atoms with Gasteiger partial charge in [-0.15, -0.1) is 0 Å². The van der Waals surface area contributed by atoms with Crippen LogP contribution in [0.5, 0.6) is 0 Å². The van der Waals surface area contributed by atoms with Crippen LogP contribution in [0.25, 0.3) is 0 Å². The minimum Gasteiger partial charge on any atom is -0.393 e. The molecule has 5 rings (SSSR count). The highest BCUT2D eigenvalue weighted by molar-refractivity contribution is 5.27. The van der Waals surface area contributed by atoms with Gasteiger partial charge in [0.15, 0.2) is 0 Å². The zero-order valence-electron chi connectivity index (χ0n) is 5.90. The predicted octanol–water partition coefficient (Wildman–Crippen LogP) is 0.879. The van der Waals surface area contributed by atoms with E-state index in [4.69, 9.17) is 0 Å². The van der Waals surface area contributed by atoms with E-state index in [1.165, 1.54) is 12.8 Å². The van der Waals surface area contributed by atoms with Crippen molar-refractivity contribution < 1.29 is 5.11 Å². The van der Waals surface area contributed by atoms with Gasteiger partial charge < -0.3 is 5.11 Å². The van der Waals surface area contributed by atoms with Gasteiger partial charge in [0.2, 0.25) is 0 Å². The fraction of sp³-hybridized carbons (Fsp3) is 1.00. The van der Waals surface area contributed by atoms with E-state index in [2.05, 4.69) is 0 Å². The van der Waals surface area contributed by atoms with Gasteiger partial charge >= 0.3 is 0 Å². The highest BCUT2D eigenvalue weighted by Gasteiger charge is 2.80. The smallest absolute Gasteiger partial charge is 0.0605 e. The lowest BCUT2D eigenvalue weighted by Gasteiger charge is -2.47. The molecule has 3 bridgehead atoms. The third kappa shape index (κ3) is 0.254. The molecule has 0 aromatic rings. The quantitative estimate of drug-likeness (QED) is 0.524. The Morgan fingerprint density at radius 1 is 0.800 bits per heavy atom. The summed E-state index contributed by atoms with van der Waals surface area (Å²) in [5.41, 5.74) is 0. The first-order valence-electron chi connectivity index (χ1n) is 4.57. The van der Waals surface area contributed by atoms with Crippen molar-refractivity contribution in [2.45, 2.75) is 18.9 Å². The van der Waals surface area contributed by atoms with Gasteiger partial charge in [-0.05, 0) is 48.3 Å². The largest absolute Gasteiger partial charge is 0.393 e. The van der Waals surface area contributed by atoms with Crippen molar-refractivity contribution in [1.82, 2.24) is 0 Å². The van der Waals surface area contributed by atoms with Crippen LogP contribution in [-0.2, 0) is 0 Å². The molecule has 1 nitrogen and oxygen atoms in total. The van der Waals surface area contributed by atoms with E-state index in [0.717, 1.165) is 35.5 Å². The molecule has 5 aliphatic rings. The minimum atomic E-state index is 0.138. The molecule has 54 valence electrons. The molecular formula is C9H12O. The fourth-order valence-corrected chi connectivity index (χ4v) is 4.56. The molecule has 0 heterocycles. The molecule has 0 aromatic carbocycles. The Morgan fingerprint density at radius 2 is 1.50 bits per heavy atom. The molecule has 5 saturated carbocycles. The summed E-state index contributed by atoms with van der Waals surface area (Å²) in [5, 5.41) is 9.73. The van der Waals surface area contributed by atoms with Crippen LogP contribution in [0.3, 0.4) is 0 Å². The summed E-state index contributed by atoms with van der Waals surface area (Å²) >= 11 is 0. The van der Waals surface area contributed by atoms with Crippen molar-refractivity contribution in [1.29, 1.82) is 0 Å². The number of aliphatic hydroxyl groups excluding tert-OH is 1. The van der Waals surface area contributed by atoms with Crippen LogP contribution in [0.2, 0.25) is 0 Å².